The fraction of sp³-hybridized carbons (Fsp3) is 0.250. The van der Waals surface area contributed by atoms with Crippen molar-refractivity contribution in [1.82, 2.24) is 4.98 Å². The van der Waals surface area contributed by atoms with Crippen molar-refractivity contribution >= 4 is 22.5 Å². The molecule has 4 heteroatoms. The number of H-pyrrole nitrogens is 1. The van der Waals surface area contributed by atoms with E-state index in [0.717, 1.165) is 40.7 Å². The van der Waals surface area contributed by atoms with Crippen molar-refractivity contribution in [1.29, 1.82) is 0 Å². The van der Waals surface area contributed by atoms with Gasteiger partial charge in [-0.25, -0.2) is 4.39 Å². The van der Waals surface area contributed by atoms with Gasteiger partial charge in [-0.2, -0.15) is 0 Å². The molecule has 1 aromatic heterocycles. The van der Waals surface area contributed by atoms with Crippen LogP contribution in [-0.2, 0) is 4.79 Å². The minimum atomic E-state index is -0.243. The van der Waals surface area contributed by atoms with E-state index in [9.17, 15) is 9.18 Å². The third kappa shape index (κ3) is 3.32. The summed E-state index contributed by atoms with van der Waals surface area (Å²) in [5.74, 6) is -0.130. The normalized spacial score (nSPS) is 11.2. The Balaban J connectivity index is 1.79. The summed E-state index contributed by atoms with van der Waals surface area (Å²) in [5.41, 5.74) is 3.61. The number of rotatable bonds is 5. The largest absolute Gasteiger partial charge is 0.355 e. The van der Waals surface area contributed by atoms with E-state index in [1.807, 2.05) is 44.2 Å². The molecular formula is C20H21FN2O. The van der Waals surface area contributed by atoms with Crippen molar-refractivity contribution in [2.75, 3.05) is 5.32 Å². The molecule has 0 bridgehead atoms. The topological polar surface area (TPSA) is 44.9 Å². The van der Waals surface area contributed by atoms with Crippen molar-refractivity contribution in [3.05, 3.63) is 54.3 Å². The molecule has 0 spiro atoms. The molecule has 0 aliphatic carbocycles. The smallest absolute Gasteiger partial charge is 0.227 e. The van der Waals surface area contributed by atoms with Gasteiger partial charge in [0.25, 0.3) is 0 Å². The van der Waals surface area contributed by atoms with E-state index in [2.05, 4.69) is 10.3 Å². The molecule has 0 unspecified atom stereocenters. The van der Waals surface area contributed by atoms with Crippen molar-refractivity contribution in [2.24, 2.45) is 5.92 Å². The Morgan fingerprint density at radius 2 is 1.79 bits per heavy atom. The number of fused-ring (bicyclic) bond motifs is 1. The Morgan fingerprint density at radius 3 is 2.46 bits per heavy atom. The minimum absolute atomic E-state index is 0.0493. The Labute approximate surface area is 140 Å². The maximum Gasteiger partial charge on any atom is 0.227 e. The summed E-state index contributed by atoms with van der Waals surface area (Å²) in [4.78, 5) is 15.4. The number of carbonyl (C=O) groups excluding carboxylic acids is 1. The van der Waals surface area contributed by atoms with Gasteiger partial charge in [-0.1, -0.05) is 26.0 Å². The van der Waals surface area contributed by atoms with Crippen molar-refractivity contribution in [2.45, 2.75) is 26.7 Å². The van der Waals surface area contributed by atoms with Crippen LogP contribution >= 0.6 is 0 Å². The number of benzene rings is 2. The quantitative estimate of drug-likeness (QED) is 0.653. The molecule has 1 heterocycles. The van der Waals surface area contributed by atoms with Crippen LogP contribution in [0.5, 0.6) is 0 Å². The van der Waals surface area contributed by atoms with Crippen LogP contribution in [0.3, 0.4) is 0 Å². The second-order valence-electron chi connectivity index (χ2n) is 5.99. The van der Waals surface area contributed by atoms with E-state index in [1.54, 1.807) is 6.07 Å². The Bertz CT molecular complexity index is 848. The molecule has 0 saturated carbocycles. The minimum Gasteiger partial charge on any atom is -0.355 e. The van der Waals surface area contributed by atoms with E-state index >= 15 is 0 Å². The third-order valence-corrected chi connectivity index (χ3v) is 4.40. The van der Waals surface area contributed by atoms with E-state index in [4.69, 9.17) is 0 Å². The lowest BCUT2D eigenvalue weighted by molar-refractivity contribution is -0.120. The van der Waals surface area contributed by atoms with Crippen LogP contribution in [0.2, 0.25) is 0 Å². The SMILES string of the molecule is CCC(CC)C(=O)Nc1ccc(-c2cc3cc(F)ccc3[nH]2)cc1. The zero-order valence-corrected chi connectivity index (χ0v) is 13.9. The molecule has 0 radical (unpaired) electrons. The molecule has 3 nitrogen and oxygen atoms in total. The summed E-state index contributed by atoms with van der Waals surface area (Å²) < 4.78 is 13.3. The molecule has 0 aliphatic heterocycles. The van der Waals surface area contributed by atoms with Crippen molar-refractivity contribution in [3.63, 3.8) is 0 Å². The van der Waals surface area contributed by atoms with E-state index in [0.29, 0.717) is 0 Å². The first-order valence-electron chi connectivity index (χ1n) is 8.30. The lowest BCUT2D eigenvalue weighted by Gasteiger charge is -2.12. The standard InChI is InChI=1S/C20H21FN2O/c1-3-13(4-2)20(24)22-17-8-5-14(6-9-17)19-12-15-11-16(21)7-10-18(15)23-19/h5-13,23H,3-4H2,1-2H3,(H,22,24). The monoisotopic (exact) mass is 324 g/mol. The van der Waals surface area contributed by atoms with E-state index in [-0.39, 0.29) is 17.6 Å². The van der Waals surface area contributed by atoms with Gasteiger partial charge in [0.1, 0.15) is 5.82 Å². The molecule has 1 amide bonds. The van der Waals surface area contributed by atoms with Crippen LogP contribution in [0.15, 0.2) is 48.5 Å². The number of aromatic amines is 1. The van der Waals surface area contributed by atoms with Crippen molar-refractivity contribution in [3.8, 4) is 11.3 Å². The van der Waals surface area contributed by atoms with Crippen LogP contribution in [-0.4, -0.2) is 10.9 Å². The highest BCUT2D eigenvalue weighted by atomic mass is 19.1. The number of hydrogen-bond acceptors (Lipinski definition) is 1. The third-order valence-electron chi connectivity index (χ3n) is 4.40. The van der Waals surface area contributed by atoms with E-state index < -0.39 is 0 Å². The number of carbonyl (C=O) groups is 1. The number of amides is 1. The van der Waals surface area contributed by atoms with Gasteiger partial charge >= 0.3 is 0 Å². The molecule has 0 aliphatic rings. The lowest BCUT2D eigenvalue weighted by atomic mass is 10.0. The van der Waals surface area contributed by atoms with Crippen LogP contribution in [0.25, 0.3) is 22.2 Å². The maximum absolute atomic E-state index is 13.3. The van der Waals surface area contributed by atoms with Gasteiger partial charge in [0.2, 0.25) is 5.91 Å². The predicted octanol–water partition coefficient (Wildman–Crippen LogP) is 5.35. The summed E-state index contributed by atoms with van der Waals surface area (Å²) >= 11 is 0. The molecule has 0 atom stereocenters. The first kappa shape index (κ1) is 16.2. The number of hydrogen-bond donors (Lipinski definition) is 2. The lowest BCUT2D eigenvalue weighted by Crippen LogP contribution is -2.21. The van der Waals surface area contributed by atoms with Gasteiger partial charge in [-0.15, -0.1) is 0 Å². The van der Waals surface area contributed by atoms with Gasteiger partial charge in [0.05, 0.1) is 0 Å². The first-order valence-corrected chi connectivity index (χ1v) is 8.30. The zero-order valence-electron chi connectivity index (χ0n) is 13.9. The van der Waals surface area contributed by atoms with Crippen LogP contribution < -0.4 is 5.32 Å². The van der Waals surface area contributed by atoms with Gasteiger partial charge in [-0.3, -0.25) is 4.79 Å². The fourth-order valence-corrected chi connectivity index (χ4v) is 2.90. The summed E-state index contributed by atoms with van der Waals surface area (Å²) in [6.07, 6.45) is 1.68. The second kappa shape index (κ2) is 6.87. The summed E-state index contributed by atoms with van der Waals surface area (Å²) in [6, 6.07) is 14.3. The summed E-state index contributed by atoms with van der Waals surface area (Å²) in [6.45, 7) is 4.05. The highest BCUT2D eigenvalue weighted by Gasteiger charge is 2.14. The highest BCUT2D eigenvalue weighted by molar-refractivity contribution is 5.93. The van der Waals surface area contributed by atoms with Gasteiger partial charge < -0.3 is 10.3 Å². The molecule has 2 aromatic carbocycles. The number of nitrogens with one attached hydrogen (secondary N) is 2. The maximum atomic E-state index is 13.3. The van der Waals surface area contributed by atoms with Crippen LogP contribution in [0.1, 0.15) is 26.7 Å². The highest BCUT2D eigenvalue weighted by Crippen LogP contribution is 2.26. The number of anilines is 1. The van der Waals surface area contributed by atoms with Gasteiger partial charge in [0, 0.05) is 28.2 Å². The molecule has 0 fully saturated rings. The Kier molecular flexibility index (Phi) is 4.65. The second-order valence-corrected chi connectivity index (χ2v) is 5.99. The average Bonchev–Trinajstić information content (AvgIpc) is 2.99. The van der Waals surface area contributed by atoms with Gasteiger partial charge in [-0.05, 0) is 54.8 Å². The summed E-state index contributed by atoms with van der Waals surface area (Å²) in [7, 11) is 0. The van der Waals surface area contributed by atoms with Gasteiger partial charge in [0.15, 0.2) is 0 Å². The molecule has 3 aromatic rings. The average molecular weight is 324 g/mol. The molecule has 3 rings (SSSR count). The predicted molar refractivity (Wildman–Crippen MR) is 96.4 cm³/mol. The zero-order chi connectivity index (χ0) is 17.1. The van der Waals surface area contributed by atoms with Crippen molar-refractivity contribution < 1.29 is 9.18 Å². The molecular weight excluding hydrogens is 303 g/mol. The number of halogens is 1. The summed E-state index contributed by atoms with van der Waals surface area (Å²) in [5, 5.41) is 3.80. The first-order chi connectivity index (χ1) is 11.6. The van der Waals surface area contributed by atoms with E-state index in [1.165, 1.54) is 12.1 Å². The molecule has 124 valence electrons. The molecule has 0 saturated heterocycles. The fourth-order valence-electron chi connectivity index (χ4n) is 2.90. The number of aromatic nitrogens is 1. The Morgan fingerprint density at radius 1 is 1.08 bits per heavy atom. The Hall–Kier alpha value is -2.62. The molecule has 2 N–H and O–H groups in total. The molecule has 24 heavy (non-hydrogen) atoms. The van der Waals surface area contributed by atoms with Crippen LogP contribution in [0.4, 0.5) is 10.1 Å². The van der Waals surface area contributed by atoms with Crippen LogP contribution in [0, 0.1) is 11.7 Å².